The normalized spacial score (nSPS) is 40.6. The van der Waals surface area contributed by atoms with Gasteiger partial charge in [0.1, 0.15) is 0 Å². The quantitative estimate of drug-likeness (QED) is 0.786. The van der Waals surface area contributed by atoms with Crippen LogP contribution in [0.3, 0.4) is 0 Å². The third-order valence-electron chi connectivity index (χ3n) is 6.08. The summed E-state index contributed by atoms with van der Waals surface area (Å²) in [6, 6.07) is 0. The van der Waals surface area contributed by atoms with Crippen molar-refractivity contribution < 1.29 is 23.0 Å². The van der Waals surface area contributed by atoms with Gasteiger partial charge >= 0.3 is 6.18 Å². The Morgan fingerprint density at radius 1 is 0.952 bits per heavy atom. The van der Waals surface area contributed by atoms with Crippen LogP contribution in [-0.4, -0.2) is 29.1 Å². The Balaban J connectivity index is 1.63. The Morgan fingerprint density at radius 2 is 1.57 bits per heavy atom. The molecule has 1 aliphatic heterocycles. The minimum absolute atomic E-state index is 0.0738. The van der Waals surface area contributed by atoms with Gasteiger partial charge in [-0.05, 0) is 57.3 Å². The molecule has 3 fully saturated rings. The van der Waals surface area contributed by atoms with E-state index >= 15 is 0 Å². The molecule has 2 aliphatic carbocycles. The topological polar surface area (TPSA) is 29.5 Å². The summed E-state index contributed by atoms with van der Waals surface area (Å²) < 4.78 is 44.3. The fraction of sp³-hybridized carbons (Fsp3) is 1.00. The van der Waals surface area contributed by atoms with Crippen molar-refractivity contribution in [1.29, 1.82) is 0 Å². The molecule has 1 saturated heterocycles. The first-order valence-electron chi connectivity index (χ1n) is 8.26. The van der Waals surface area contributed by atoms with Crippen LogP contribution in [0.2, 0.25) is 0 Å². The average Bonchev–Trinajstić information content (AvgIpc) is 2.86. The van der Waals surface area contributed by atoms with Gasteiger partial charge in [0, 0.05) is 6.61 Å². The molecule has 0 aromatic carbocycles. The molecule has 2 nitrogen and oxygen atoms in total. The summed E-state index contributed by atoms with van der Waals surface area (Å²) in [6.45, 7) is 0.648. The van der Waals surface area contributed by atoms with Crippen molar-refractivity contribution >= 4 is 0 Å². The monoisotopic (exact) mass is 306 g/mol. The van der Waals surface area contributed by atoms with Crippen LogP contribution in [0.4, 0.5) is 13.2 Å². The zero-order valence-electron chi connectivity index (χ0n) is 12.4. The zero-order valence-corrected chi connectivity index (χ0v) is 12.4. The lowest BCUT2D eigenvalue weighted by Crippen LogP contribution is -2.50. The van der Waals surface area contributed by atoms with Crippen molar-refractivity contribution in [2.75, 3.05) is 6.61 Å². The van der Waals surface area contributed by atoms with Crippen molar-refractivity contribution in [3.63, 3.8) is 0 Å². The smallest absolute Gasteiger partial charge is 0.390 e. The first kappa shape index (κ1) is 15.6. The predicted molar refractivity (Wildman–Crippen MR) is 72.8 cm³/mol. The molecule has 0 radical (unpaired) electrons. The first-order valence-corrected chi connectivity index (χ1v) is 8.26. The molecule has 122 valence electrons. The summed E-state index contributed by atoms with van der Waals surface area (Å²) in [5.41, 5.74) is -0.985. The molecule has 3 rings (SSSR count). The van der Waals surface area contributed by atoms with Crippen molar-refractivity contribution in [1.82, 2.24) is 0 Å². The fourth-order valence-corrected chi connectivity index (χ4v) is 4.71. The second kappa shape index (κ2) is 5.41. The van der Waals surface area contributed by atoms with E-state index in [1.807, 2.05) is 0 Å². The van der Waals surface area contributed by atoms with E-state index in [1.54, 1.807) is 0 Å². The summed E-state index contributed by atoms with van der Waals surface area (Å²) in [4.78, 5) is 0. The molecule has 0 aromatic heterocycles. The van der Waals surface area contributed by atoms with Gasteiger partial charge in [0.25, 0.3) is 0 Å². The van der Waals surface area contributed by atoms with Crippen molar-refractivity contribution in [3.05, 3.63) is 0 Å². The largest absolute Gasteiger partial charge is 0.391 e. The van der Waals surface area contributed by atoms with Gasteiger partial charge in [0.05, 0.1) is 17.1 Å². The highest BCUT2D eigenvalue weighted by atomic mass is 19.4. The maximum atomic E-state index is 12.8. The van der Waals surface area contributed by atoms with Crippen LogP contribution < -0.4 is 0 Å². The van der Waals surface area contributed by atoms with E-state index in [9.17, 15) is 18.3 Å². The molecular formula is C16H25F3O2. The molecule has 0 bridgehead atoms. The standard InChI is InChI=1S/C16H25F3O2/c17-16(18,19)12-3-8-15(20,9-4-12)13-5-10-21-14(11-13)6-1-2-7-14/h12-13,20H,1-11H2. The SMILES string of the molecule is OC1(C2CCOC3(CCCC3)C2)CCC(C(F)(F)F)CC1. The van der Waals surface area contributed by atoms with E-state index in [0.717, 1.165) is 25.7 Å². The number of rotatable bonds is 1. The van der Waals surface area contributed by atoms with E-state index in [-0.39, 0.29) is 37.2 Å². The van der Waals surface area contributed by atoms with Gasteiger partial charge < -0.3 is 9.84 Å². The van der Waals surface area contributed by atoms with Gasteiger partial charge in [0.2, 0.25) is 0 Å². The van der Waals surface area contributed by atoms with E-state index in [1.165, 1.54) is 12.8 Å². The summed E-state index contributed by atoms with van der Waals surface area (Å²) in [7, 11) is 0. The Morgan fingerprint density at radius 3 is 2.14 bits per heavy atom. The van der Waals surface area contributed by atoms with E-state index in [2.05, 4.69) is 0 Å². The van der Waals surface area contributed by atoms with Crippen LogP contribution in [0.1, 0.15) is 64.2 Å². The lowest BCUT2D eigenvalue weighted by atomic mass is 9.67. The molecule has 0 amide bonds. The Kier molecular flexibility index (Phi) is 4.02. The lowest BCUT2D eigenvalue weighted by Gasteiger charge is -2.48. The second-order valence-corrected chi connectivity index (χ2v) is 7.35. The van der Waals surface area contributed by atoms with Crippen LogP contribution in [0.15, 0.2) is 0 Å². The molecule has 3 aliphatic rings. The van der Waals surface area contributed by atoms with Gasteiger partial charge in [-0.2, -0.15) is 13.2 Å². The second-order valence-electron chi connectivity index (χ2n) is 7.35. The van der Waals surface area contributed by atoms with Crippen molar-refractivity contribution in [2.24, 2.45) is 11.8 Å². The molecule has 0 aromatic rings. The maximum Gasteiger partial charge on any atom is 0.391 e. The number of alkyl halides is 3. The van der Waals surface area contributed by atoms with Gasteiger partial charge in [-0.25, -0.2) is 0 Å². The number of aliphatic hydroxyl groups is 1. The lowest BCUT2D eigenvalue weighted by molar-refractivity contribution is -0.204. The van der Waals surface area contributed by atoms with E-state index < -0.39 is 17.7 Å². The van der Waals surface area contributed by atoms with Crippen LogP contribution in [0.25, 0.3) is 0 Å². The van der Waals surface area contributed by atoms with Crippen LogP contribution in [-0.2, 0) is 4.74 Å². The minimum atomic E-state index is -4.11. The minimum Gasteiger partial charge on any atom is -0.390 e. The van der Waals surface area contributed by atoms with Gasteiger partial charge in [-0.3, -0.25) is 0 Å². The molecule has 1 heterocycles. The van der Waals surface area contributed by atoms with Crippen molar-refractivity contribution in [2.45, 2.75) is 81.6 Å². The number of halogens is 3. The molecule has 2 saturated carbocycles. The average molecular weight is 306 g/mol. The van der Waals surface area contributed by atoms with Crippen LogP contribution >= 0.6 is 0 Å². The fourth-order valence-electron chi connectivity index (χ4n) is 4.71. The van der Waals surface area contributed by atoms with Gasteiger partial charge in [-0.1, -0.05) is 12.8 Å². The van der Waals surface area contributed by atoms with Crippen LogP contribution in [0, 0.1) is 11.8 Å². The maximum absolute atomic E-state index is 12.8. The molecule has 1 spiro atoms. The molecule has 1 atom stereocenters. The van der Waals surface area contributed by atoms with E-state index in [0.29, 0.717) is 6.61 Å². The highest BCUT2D eigenvalue weighted by Gasteiger charge is 2.51. The van der Waals surface area contributed by atoms with Gasteiger partial charge in [-0.15, -0.1) is 0 Å². The number of hydrogen-bond donors (Lipinski definition) is 1. The number of ether oxygens (including phenoxy) is 1. The summed E-state index contributed by atoms with van der Waals surface area (Å²) in [5, 5.41) is 10.9. The third-order valence-corrected chi connectivity index (χ3v) is 6.08. The van der Waals surface area contributed by atoms with Crippen LogP contribution in [0.5, 0.6) is 0 Å². The highest BCUT2D eigenvalue weighted by Crippen LogP contribution is 2.50. The summed E-state index contributed by atoms with van der Waals surface area (Å²) in [6.07, 6.45) is 2.67. The zero-order chi connectivity index (χ0) is 15.1. The van der Waals surface area contributed by atoms with E-state index in [4.69, 9.17) is 4.74 Å². The Labute approximate surface area is 124 Å². The summed E-state index contributed by atoms with van der Waals surface area (Å²) in [5.74, 6) is -1.11. The highest BCUT2D eigenvalue weighted by molar-refractivity contribution is 4.99. The predicted octanol–water partition coefficient (Wildman–Crippen LogP) is 4.21. The first-order chi connectivity index (χ1) is 9.83. The van der Waals surface area contributed by atoms with Gasteiger partial charge in [0.15, 0.2) is 0 Å². The molecule has 21 heavy (non-hydrogen) atoms. The van der Waals surface area contributed by atoms with Crippen molar-refractivity contribution in [3.8, 4) is 0 Å². The Bertz CT molecular complexity index is 366. The molecule has 5 heteroatoms. The number of hydrogen-bond acceptors (Lipinski definition) is 2. The Hall–Kier alpha value is -0.290. The molecule has 1 unspecified atom stereocenters. The molecular weight excluding hydrogens is 281 g/mol. The molecule has 1 N–H and O–H groups in total. The summed E-state index contributed by atoms with van der Waals surface area (Å²) >= 11 is 0. The third kappa shape index (κ3) is 3.09.